The van der Waals surface area contributed by atoms with E-state index in [1.165, 1.54) is 0 Å². The second-order valence-electron chi connectivity index (χ2n) is 7.36. The molecule has 31 heavy (non-hydrogen) atoms. The van der Waals surface area contributed by atoms with E-state index in [0.717, 1.165) is 22.3 Å². The fourth-order valence-electron chi connectivity index (χ4n) is 3.55. The van der Waals surface area contributed by atoms with Gasteiger partial charge in [0, 0.05) is 6.07 Å². The molecule has 0 aromatic heterocycles. The normalized spacial score (nSPS) is 13.7. The van der Waals surface area contributed by atoms with E-state index in [9.17, 15) is 4.79 Å². The molecule has 1 aliphatic rings. The van der Waals surface area contributed by atoms with Crippen LogP contribution < -0.4 is 9.47 Å². The maximum atomic E-state index is 12.7. The molecule has 0 atom stereocenters. The SMILES string of the molecule is O=C1C(=Cc2ccc(-c3ccccc3)cc2)Oc2cc(OCc3ccccc3)ccc21. The standard InChI is InChI=1S/C28H20O3/c29-28-25-16-15-24(30-19-21-7-3-1-4-8-21)18-26(25)31-27(28)17-20-11-13-23(14-12-20)22-9-5-2-6-10-22/h1-18H,19H2. The van der Waals surface area contributed by atoms with Gasteiger partial charge in [0.1, 0.15) is 18.1 Å². The Hall–Kier alpha value is -4.11. The van der Waals surface area contributed by atoms with Gasteiger partial charge in [0.05, 0.1) is 5.56 Å². The molecule has 3 nitrogen and oxygen atoms in total. The highest BCUT2D eigenvalue weighted by Gasteiger charge is 2.27. The van der Waals surface area contributed by atoms with Gasteiger partial charge >= 0.3 is 0 Å². The lowest BCUT2D eigenvalue weighted by Gasteiger charge is -2.07. The van der Waals surface area contributed by atoms with Gasteiger partial charge in [-0.15, -0.1) is 0 Å². The molecule has 1 heterocycles. The van der Waals surface area contributed by atoms with Crippen molar-refractivity contribution in [1.29, 1.82) is 0 Å². The van der Waals surface area contributed by atoms with Gasteiger partial charge in [-0.25, -0.2) is 0 Å². The molecule has 0 radical (unpaired) electrons. The molecule has 0 saturated carbocycles. The summed E-state index contributed by atoms with van der Waals surface area (Å²) in [5.74, 6) is 1.41. The Morgan fingerprint density at radius 2 is 1.42 bits per heavy atom. The number of ketones is 1. The van der Waals surface area contributed by atoms with Crippen molar-refractivity contribution in [2.45, 2.75) is 6.61 Å². The predicted molar refractivity (Wildman–Crippen MR) is 122 cm³/mol. The average molecular weight is 404 g/mol. The minimum atomic E-state index is -0.114. The Kier molecular flexibility index (Phi) is 5.07. The molecule has 5 rings (SSSR count). The summed E-state index contributed by atoms with van der Waals surface area (Å²) in [7, 11) is 0. The fourth-order valence-corrected chi connectivity index (χ4v) is 3.55. The fraction of sp³-hybridized carbons (Fsp3) is 0.0357. The Morgan fingerprint density at radius 3 is 2.16 bits per heavy atom. The molecule has 0 unspecified atom stereocenters. The van der Waals surface area contributed by atoms with Crippen LogP contribution in [-0.2, 0) is 6.61 Å². The number of fused-ring (bicyclic) bond motifs is 1. The van der Waals surface area contributed by atoms with Crippen molar-refractivity contribution in [2.75, 3.05) is 0 Å². The minimum Gasteiger partial charge on any atom is -0.489 e. The lowest BCUT2D eigenvalue weighted by molar-refractivity contribution is 0.101. The van der Waals surface area contributed by atoms with Crippen LogP contribution in [0.5, 0.6) is 11.5 Å². The van der Waals surface area contributed by atoms with Gasteiger partial charge in [0.25, 0.3) is 0 Å². The number of carbonyl (C=O) groups excluding carboxylic acids is 1. The smallest absolute Gasteiger partial charge is 0.231 e. The Morgan fingerprint density at radius 1 is 0.742 bits per heavy atom. The van der Waals surface area contributed by atoms with Gasteiger partial charge in [-0.2, -0.15) is 0 Å². The monoisotopic (exact) mass is 404 g/mol. The zero-order valence-electron chi connectivity index (χ0n) is 16.8. The van der Waals surface area contributed by atoms with Crippen molar-refractivity contribution in [3.63, 3.8) is 0 Å². The van der Waals surface area contributed by atoms with Crippen LogP contribution in [0.15, 0.2) is 109 Å². The molecule has 0 N–H and O–H groups in total. The van der Waals surface area contributed by atoms with E-state index in [2.05, 4.69) is 12.1 Å². The summed E-state index contributed by atoms with van der Waals surface area (Å²) in [6.07, 6.45) is 1.78. The number of carbonyl (C=O) groups is 1. The largest absolute Gasteiger partial charge is 0.489 e. The highest BCUT2D eigenvalue weighted by molar-refractivity contribution is 6.14. The first-order valence-electron chi connectivity index (χ1n) is 10.2. The summed E-state index contributed by atoms with van der Waals surface area (Å²) in [5.41, 5.74) is 4.84. The number of ether oxygens (including phenoxy) is 2. The van der Waals surface area contributed by atoms with Crippen LogP contribution in [-0.4, -0.2) is 5.78 Å². The first kappa shape index (κ1) is 18.9. The van der Waals surface area contributed by atoms with Crippen LogP contribution in [0.4, 0.5) is 0 Å². The van der Waals surface area contributed by atoms with E-state index < -0.39 is 0 Å². The molecule has 0 aliphatic carbocycles. The first-order chi connectivity index (χ1) is 15.3. The quantitative estimate of drug-likeness (QED) is 0.354. The number of rotatable bonds is 5. The highest BCUT2D eigenvalue weighted by Crippen LogP contribution is 2.35. The highest BCUT2D eigenvalue weighted by atomic mass is 16.5. The molecule has 3 heteroatoms. The van der Waals surface area contributed by atoms with Crippen molar-refractivity contribution in [2.24, 2.45) is 0 Å². The third-order valence-corrected chi connectivity index (χ3v) is 5.21. The van der Waals surface area contributed by atoms with E-state index in [1.54, 1.807) is 24.3 Å². The topological polar surface area (TPSA) is 35.5 Å². The molecule has 0 spiro atoms. The van der Waals surface area contributed by atoms with Gasteiger partial charge in [0.2, 0.25) is 5.78 Å². The van der Waals surface area contributed by atoms with E-state index in [-0.39, 0.29) is 5.78 Å². The molecular formula is C28H20O3. The molecule has 150 valence electrons. The summed E-state index contributed by atoms with van der Waals surface area (Å²) >= 11 is 0. The summed E-state index contributed by atoms with van der Waals surface area (Å²) in [5, 5.41) is 0. The van der Waals surface area contributed by atoms with Gasteiger partial charge in [-0.1, -0.05) is 84.9 Å². The van der Waals surface area contributed by atoms with Crippen molar-refractivity contribution in [1.82, 2.24) is 0 Å². The summed E-state index contributed by atoms with van der Waals surface area (Å²) in [4.78, 5) is 12.7. The van der Waals surface area contributed by atoms with Gasteiger partial charge in [0.15, 0.2) is 5.76 Å². The van der Waals surface area contributed by atoms with Gasteiger partial charge in [-0.3, -0.25) is 4.79 Å². The Bertz CT molecular complexity index is 1240. The lowest BCUT2D eigenvalue weighted by atomic mass is 10.0. The van der Waals surface area contributed by atoms with Gasteiger partial charge < -0.3 is 9.47 Å². The maximum absolute atomic E-state index is 12.7. The van der Waals surface area contributed by atoms with E-state index >= 15 is 0 Å². The molecule has 1 aliphatic heterocycles. The van der Waals surface area contributed by atoms with Crippen LogP contribution in [0.3, 0.4) is 0 Å². The lowest BCUT2D eigenvalue weighted by Crippen LogP contribution is -1.98. The Balaban J connectivity index is 1.31. The third-order valence-electron chi connectivity index (χ3n) is 5.21. The average Bonchev–Trinajstić information content (AvgIpc) is 3.14. The molecule has 0 bridgehead atoms. The van der Waals surface area contributed by atoms with Crippen LogP contribution in [0.2, 0.25) is 0 Å². The summed E-state index contributed by atoms with van der Waals surface area (Å²) in [6, 6.07) is 33.6. The van der Waals surface area contributed by atoms with Crippen LogP contribution in [0.25, 0.3) is 17.2 Å². The Labute approximate surface area is 181 Å². The van der Waals surface area contributed by atoms with Crippen LogP contribution in [0, 0.1) is 0 Å². The first-order valence-corrected chi connectivity index (χ1v) is 10.2. The molecular weight excluding hydrogens is 384 g/mol. The van der Waals surface area contributed by atoms with E-state index in [1.807, 2.05) is 72.8 Å². The van der Waals surface area contributed by atoms with Crippen LogP contribution in [0.1, 0.15) is 21.5 Å². The van der Waals surface area contributed by atoms with Gasteiger partial charge in [-0.05, 0) is 40.5 Å². The van der Waals surface area contributed by atoms with E-state index in [0.29, 0.717) is 29.4 Å². The second-order valence-corrected chi connectivity index (χ2v) is 7.36. The molecule has 0 fully saturated rings. The van der Waals surface area contributed by atoms with E-state index in [4.69, 9.17) is 9.47 Å². The van der Waals surface area contributed by atoms with Crippen molar-refractivity contribution in [3.8, 4) is 22.6 Å². The molecule has 0 saturated heterocycles. The molecule has 4 aromatic carbocycles. The third kappa shape index (κ3) is 4.12. The van der Waals surface area contributed by atoms with Crippen molar-refractivity contribution >= 4 is 11.9 Å². The number of Topliss-reactive ketones (excluding diaryl/α,β-unsaturated/α-hetero) is 1. The number of hydrogen-bond acceptors (Lipinski definition) is 3. The minimum absolute atomic E-state index is 0.114. The predicted octanol–water partition coefficient (Wildman–Crippen LogP) is 6.55. The number of hydrogen-bond donors (Lipinski definition) is 0. The van der Waals surface area contributed by atoms with Crippen molar-refractivity contribution in [3.05, 3.63) is 126 Å². The summed E-state index contributed by atoms with van der Waals surface area (Å²) < 4.78 is 11.7. The number of benzene rings is 4. The zero-order valence-corrected chi connectivity index (χ0v) is 16.8. The molecule has 4 aromatic rings. The summed E-state index contributed by atoms with van der Waals surface area (Å²) in [6.45, 7) is 0.462. The number of allylic oxidation sites excluding steroid dienone is 1. The van der Waals surface area contributed by atoms with Crippen LogP contribution >= 0.6 is 0 Å². The van der Waals surface area contributed by atoms with Crippen molar-refractivity contribution < 1.29 is 14.3 Å². The zero-order chi connectivity index (χ0) is 21.0. The second kappa shape index (κ2) is 8.33. The molecule has 0 amide bonds. The maximum Gasteiger partial charge on any atom is 0.231 e.